The van der Waals surface area contributed by atoms with E-state index in [1.807, 2.05) is 72.8 Å². The molecule has 6 aromatic rings. The number of fused-ring (bicyclic) bond motifs is 4. The van der Waals surface area contributed by atoms with Gasteiger partial charge in [0, 0.05) is 38.6 Å². The van der Waals surface area contributed by atoms with E-state index in [1.54, 1.807) is 0 Å². The normalized spacial score (nSPS) is 10.9. The molecule has 6 rings (SSSR count). The second kappa shape index (κ2) is 8.68. The number of hydrogen-bond donors (Lipinski definition) is 5. The number of anilines is 3. The van der Waals surface area contributed by atoms with Gasteiger partial charge in [0.2, 0.25) is 0 Å². The van der Waals surface area contributed by atoms with Crippen LogP contribution in [0.3, 0.4) is 0 Å². The molecule has 8 heteroatoms. The lowest BCUT2D eigenvalue weighted by Gasteiger charge is -2.03. The molecular formula is C27H24N8. The quantitative estimate of drug-likeness (QED) is 0.105. The van der Waals surface area contributed by atoms with Gasteiger partial charge in [-0.3, -0.25) is 0 Å². The van der Waals surface area contributed by atoms with Gasteiger partial charge in [-0.1, -0.05) is 24.3 Å². The maximum absolute atomic E-state index is 5.77. The van der Waals surface area contributed by atoms with Gasteiger partial charge in [-0.2, -0.15) is 0 Å². The molecule has 8 nitrogen and oxygen atoms in total. The molecule has 0 amide bonds. The Balaban J connectivity index is 0.000000147. The zero-order valence-electron chi connectivity index (χ0n) is 18.8. The molecule has 0 aliphatic rings. The van der Waals surface area contributed by atoms with E-state index in [4.69, 9.17) is 28.7 Å². The predicted molar refractivity (Wildman–Crippen MR) is 147 cm³/mol. The topological polar surface area (TPSA) is 168 Å². The lowest BCUT2D eigenvalue weighted by Crippen LogP contribution is -2.21. The van der Waals surface area contributed by atoms with E-state index >= 15 is 0 Å². The summed E-state index contributed by atoms with van der Waals surface area (Å²) < 4.78 is 0. The lowest BCUT2D eigenvalue weighted by molar-refractivity contribution is 1.42. The molecule has 0 saturated heterocycles. The molecule has 0 spiro atoms. The zero-order valence-corrected chi connectivity index (χ0v) is 18.8. The van der Waals surface area contributed by atoms with Crippen LogP contribution in [0.25, 0.3) is 43.6 Å². The van der Waals surface area contributed by atoms with Gasteiger partial charge in [-0.25, -0.2) is 15.0 Å². The Morgan fingerprint density at radius 3 is 1.26 bits per heavy atom. The molecule has 172 valence electrons. The van der Waals surface area contributed by atoms with Crippen molar-refractivity contribution in [3.05, 3.63) is 84.9 Å². The van der Waals surface area contributed by atoms with Crippen LogP contribution in [-0.2, 0) is 0 Å². The summed E-state index contributed by atoms with van der Waals surface area (Å²) in [6.45, 7) is 0. The molecule has 0 aliphatic carbocycles. The predicted octanol–water partition coefficient (Wildman–Crippen LogP) is 4.43. The molecule has 0 saturated carbocycles. The minimum Gasteiger partial charge on any atom is -0.399 e. The summed E-state index contributed by atoms with van der Waals surface area (Å²) in [4.78, 5) is 13.1. The Morgan fingerprint density at radius 2 is 0.857 bits per heavy atom. The summed E-state index contributed by atoms with van der Waals surface area (Å²) in [5.74, 6) is 0.0318. The number of benzene rings is 4. The van der Waals surface area contributed by atoms with Gasteiger partial charge < -0.3 is 28.7 Å². The molecule has 0 bridgehead atoms. The number of nitrogens with zero attached hydrogens (tertiary/aromatic N) is 3. The van der Waals surface area contributed by atoms with E-state index in [0.29, 0.717) is 11.4 Å². The van der Waals surface area contributed by atoms with E-state index in [-0.39, 0.29) is 5.96 Å². The van der Waals surface area contributed by atoms with Crippen molar-refractivity contribution in [3.63, 3.8) is 0 Å². The summed E-state index contributed by atoms with van der Waals surface area (Å²) in [6, 6.07) is 26.9. The number of aliphatic imine (C=N–C) groups is 1. The van der Waals surface area contributed by atoms with E-state index in [2.05, 4.69) is 27.1 Å². The first-order chi connectivity index (χ1) is 16.8. The molecule has 35 heavy (non-hydrogen) atoms. The molecule has 10 N–H and O–H groups in total. The summed E-state index contributed by atoms with van der Waals surface area (Å²) >= 11 is 0. The highest BCUT2D eigenvalue weighted by Gasteiger charge is 2.02. The van der Waals surface area contributed by atoms with Gasteiger partial charge in [0.05, 0.1) is 27.8 Å². The number of guanidine groups is 1. The van der Waals surface area contributed by atoms with Crippen molar-refractivity contribution in [2.24, 2.45) is 16.5 Å². The van der Waals surface area contributed by atoms with Crippen molar-refractivity contribution in [1.29, 1.82) is 0 Å². The van der Waals surface area contributed by atoms with Crippen molar-refractivity contribution < 1.29 is 0 Å². The first kappa shape index (κ1) is 21.7. The minimum absolute atomic E-state index is 0.0318. The van der Waals surface area contributed by atoms with Crippen LogP contribution < -0.4 is 28.7 Å². The Labute approximate surface area is 201 Å². The maximum Gasteiger partial charge on any atom is 0.191 e. The number of pyridine rings is 2. The Kier molecular flexibility index (Phi) is 5.39. The summed E-state index contributed by atoms with van der Waals surface area (Å²) in [5, 5.41) is 4.26. The van der Waals surface area contributed by atoms with Gasteiger partial charge >= 0.3 is 0 Å². The molecule has 0 atom stereocenters. The third kappa shape index (κ3) is 4.67. The Morgan fingerprint density at radius 1 is 0.486 bits per heavy atom. The maximum atomic E-state index is 5.77. The van der Waals surface area contributed by atoms with Crippen molar-refractivity contribution in [2.75, 3.05) is 17.2 Å². The van der Waals surface area contributed by atoms with Crippen LogP contribution in [0.15, 0.2) is 89.9 Å². The highest BCUT2D eigenvalue weighted by molar-refractivity contribution is 5.96. The van der Waals surface area contributed by atoms with Crippen LogP contribution in [0.5, 0.6) is 0 Å². The van der Waals surface area contributed by atoms with Crippen LogP contribution in [0, 0.1) is 0 Å². The van der Waals surface area contributed by atoms with E-state index < -0.39 is 0 Å². The van der Waals surface area contributed by atoms with Gasteiger partial charge in [0.15, 0.2) is 5.96 Å². The van der Waals surface area contributed by atoms with Gasteiger partial charge in [0.1, 0.15) is 0 Å². The Bertz CT molecular complexity index is 1700. The summed E-state index contributed by atoms with van der Waals surface area (Å²) in [6.07, 6.45) is 0. The third-order valence-electron chi connectivity index (χ3n) is 5.54. The van der Waals surface area contributed by atoms with E-state index in [9.17, 15) is 0 Å². The lowest BCUT2D eigenvalue weighted by atomic mass is 10.1. The summed E-state index contributed by atoms with van der Waals surface area (Å²) in [5.41, 5.74) is 34.3. The van der Waals surface area contributed by atoms with Crippen LogP contribution in [-0.4, -0.2) is 15.9 Å². The van der Waals surface area contributed by atoms with Crippen LogP contribution in [0.2, 0.25) is 0 Å². The van der Waals surface area contributed by atoms with Gasteiger partial charge in [-0.05, 0) is 60.7 Å². The largest absolute Gasteiger partial charge is 0.399 e. The van der Waals surface area contributed by atoms with Crippen molar-refractivity contribution in [2.45, 2.75) is 0 Å². The molecule has 0 aliphatic heterocycles. The van der Waals surface area contributed by atoms with Crippen molar-refractivity contribution >= 4 is 72.3 Å². The first-order valence-electron chi connectivity index (χ1n) is 10.9. The minimum atomic E-state index is 0.0318. The molecule has 0 radical (unpaired) electrons. The fourth-order valence-electron chi connectivity index (χ4n) is 3.90. The molecule has 4 aromatic carbocycles. The van der Waals surface area contributed by atoms with Crippen molar-refractivity contribution in [1.82, 2.24) is 9.97 Å². The third-order valence-corrected chi connectivity index (χ3v) is 5.54. The van der Waals surface area contributed by atoms with Crippen LogP contribution in [0.1, 0.15) is 0 Å². The van der Waals surface area contributed by atoms with Crippen LogP contribution >= 0.6 is 0 Å². The van der Waals surface area contributed by atoms with E-state index in [0.717, 1.165) is 55.0 Å². The smallest absolute Gasteiger partial charge is 0.191 e. The second-order valence-corrected chi connectivity index (χ2v) is 8.25. The molecule has 2 aromatic heterocycles. The number of nitrogens with two attached hydrogens (primary N) is 5. The molecule has 2 heterocycles. The second-order valence-electron chi connectivity index (χ2n) is 8.25. The van der Waals surface area contributed by atoms with Crippen molar-refractivity contribution in [3.8, 4) is 0 Å². The fourth-order valence-corrected chi connectivity index (χ4v) is 3.90. The number of rotatable bonds is 1. The number of hydrogen-bond acceptors (Lipinski definition) is 6. The standard InChI is InChI=1S/C14H13N5.C13H11N3/c15-10-3-1-8-5-9-2-4-11(18-14(16)17)7-13(9)19-12(8)6-10;14-10-3-1-8-5-9-2-4-11(15)7-13(9)16-12(8)6-10/h1-7H,15H2,(H4,16,17,18);1-7H,14-15H2. The Hall–Kier alpha value is -5.11. The fraction of sp³-hybridized carbons (Fsp3) is 0. The monoisotopic (exact) mass is 460 g/mol. The average Bonchev–Trinajstić information content (AvgIpc) is 2.81. The highest BCUT2D eigenvalue weighted by Crippen LogP contribution is 2.25. The molecule has 0 unspecified atom stereocenters. The number of aromatic nitrogens is 2. The average molecular weight is 461 g/mol. The molecule has 0 fully saturated rings. The first-order valence-corrected chi connectivity index (χ1v) is 10.9. The SMILES string of the molecule is NC(N)=Nc1ccc2cc3ccc(N)cc3nc2c1.Nc1ccc2cc3ccc(N)cc3nc2c1. The van der Waals surface area contributed by atoms with Gasteiger partial charge in [0.25, 0.3) is 0 Å². The zero-order chi connectivity index (χ0) is 24.5. The van der Waals surface area contributed by atoms with Gasteiger partial charge in [-0.15, -0.1) is 0 Å². The number of nitrogen functional groups attached to an aromatic ring is 3. The molecular weight excluding hydrogens is 436 g/mol. The van der Waals surface area contributed by atoms with E-state index in [1.165, 1.54) is 0 Å². The highest BCUT2D eigenvalue weighted by atomic mass is 15.0. The summed E-state index contributed by atoms with van der Waals surface area (Å²) in [7, 11) is 0. The van der Waals surface area contributed by atoms with Crippen LogP contribution in [0.4, 0.5) is 22.7 Å².